The Kier molecular flexibility index (Phi) is 3.68. The molecule has 92 valence electrons. The summed E-state index contributed by atoms with van der Waals surface area (Å²) < 4.78 is 0.876. The predicted molar refractivity (Wildman–Crippen MR) is 71.2 cm³/mol. The van der Waals surface area contributed by atoms with Crippen molar-refractivity contribution < 1.29 is 9.90 Å². The molecule has 1 aromatic rings. The summed E-state index contributed by atoms with van der Waals surface area (Å²) >= 11 is 3.35. The number of hydrogen-bond donors (Lipinski definition) is 2. The summed E-state index contributed by atoms with van der Waals surface area (Å²) in [6.45, 7) is 0. The van der Waals surface area contributed by atoms with E-state index < -0.39 is 11.9 Å². The highest BCUT2D eigenvalue weighted by Crippen LogP contribution is 2.26. The lowest BCUT2D eigenvalue weighted by Gasteiger charge is -2.15. The molecule has 5 heteroatoms. The Labute approximate surface area is 113 Å². The van der Waals surface area contributed by atoms with Gasteiger partial charge in [0.05, 0.1) is 17.2 Å². The number of anilines is 1. The van der Waals surface area contributed by atoms with Crippen LogP contribution in [0.25, 0.3) is 0 Å². The van der Waals surface area contributed by atoms with E-state index in [1.165, 1.54) is 0 Å². The zero-order chi connectivity index (χ0) is 13.1. The van der Waals surface area contributed by atoms with E-state index in [-0.39, 0.29) is 6.04 Å². The topological polar surface area (TPSA) is 73.1 Å². The molecular formula is C13H11BrN2O2. The molecule has 1 aromatic carbocycles. The van der Waals surface area contributed by atoms with Gasteiger partial charge in [-0.2, -0.15) is 5.26 Å². The second kappa shape index (κ2) is 5.23. The summed E-state index contributed by atoms with van der Waals surface area (Å²) in [7, 11) is 0. The molecule has 0 amide bonds. The molecule has 0 bridgehead atoms. The lowest BCUT2D eigenvalue weighted by atomic mass is 10.1. The van der Waals surface area contributed by atoms with Crippen LogP contribution < -0.4 is 5.32 Å². The minimum absolute atomic E-state index is 0.0486. The molecule has 0 spiro atoms. The highest BCUT2D eigenvalue weighted by molar-refractivity contribution is 9.10. The van der Waals surface area contributed by atoms with Crippen molar-refractivity contribution >= 4 is 27.6 Å². The average molecular weight is 307 g/mol. The van der Waals surface area contributed by atoms with Crippen molar-refractivity contribution in [2.24, 2.45) is 5.92 Å². The zero-order valence-corrected chi connectivity index (χ0v) is 11.0. The first-order valence-corrected chi connectivity index (χ1v) is 6.27. The highest BCUT2D eigenvalue weighted by atomic mass is 79.9. The molecule has 2 rings (SSSR count). The molecule has 0 radical (unpaired) electrons. The third kappa shape index (κ3) is 2.71. The Morgan fingerprint density at radius 2 is 2.28 bits per heavy atom. The molecule has 1 aliphatic rings. The van der Waals surface area contributed by atoms with E-state index in [0.717, 1.165) is 4.47 Å². The molecule has 1 aliphatic carbocycles. The van der Waals surface area contributed by atoms with Crippen molar-refractivity contribution in [3.8, 4) is 6.07 Å². The summed E-state index contributed by atoms with van der Waals surface area (Å²) in [5.74, 6) is -1.26. The van der Waals surface area contributed by atoms with Crippen LogP contribution in [0.3, 0.4) is 0 Å². The van der Waals surface area contributed by atoms with Gasteiger partial charge in [-0.05, 0) is 24.6 Å². The molecule has 2 atom stereocenters. The van der Waals surface area contributed by atoms with E-state index in [9.17, 15) is 4.79 Å². The van der Waals surface area contributed by atoms with Crippen molar-refractivity contribution in [2.75, 3.05) is 5.32 Å². The highest BCUT2D eigenvalue weighted by Gasteiger charge is 2.24. The Morgan fingerprint density at radius 3 is 2.89 bits per heavy atom. The van der Waals surface area contributed by atoms with Crippen LogP contribution in [0, 0.1) is 17.2 Å². The number of nitrogens with zero attached hydrogens (tertiary/aromatic N) is 1. The number of nitrogens with one attached hydrogen (secondary N) is 1. The number of hydrogen-bond acceptors (Lipinski definition) is 3. The fourth-order valence-electron chi connectivity index (χ4n) is 1.92. The minimum Gasteiger partial charge on any atom is -0.481 e. The van der Waals surface area contributed by atoms with Gasteiger partial charge in [-0.15, -0.1) is 0 Å². The van der Waals surface area contributed by atoms with Crippen LogP contribution in [0.2, 0.25) is 0 Å². The Balaban J connectivity index is 2.12. The number of carbonyl (C=O) groups is 1. The Morgan fingerprint density at radius 1 is 1.50 bits per heavy atom. The van der Waals surface area contributed by atoms with E-state index in [4.69, 9.17) is 10.4 Å². The van der Waals surface area contributed by atoms with Gasteiger partial charge in [0.1, 0.15) is 6.07 Å². The molecule has 0 saturated carbocycles. The molecule has 0 fully saturated rings. The molecule has 2 N–H and O–H groups in total. The summed E-state index contributed by atoms with van der Waals surface area (Å²) in [4.78, 5) is 10.8. The van der Waals surface area contributed by atoms with Crippen LogP contribution in [-0.4, -0.2) is 17.1 Å². The van der Waals surface area contributed by atoms with Gasteiger partial charge in [0, 0.05) is 10.5 Å². The minimum atomic E-state index is -0.815. The number of aliphatic carboxylic acids is 1. The Hall–Kier alpha value is -1.80. The van der Waals surface area contributed by atoms with Crippen LogP contribution >= 0.6 is 15.9 Å². The third-order valence-electron chi connectivity index (χ3n) is 2.84. The second-order valence-corrected chi connectivity index (χ2v) is 5.03. The van der Waals surface area contributed by atoms with Crippen LogP contribution in [0.1, 0.15) is 12.0 Å². The fourth-order valence-corrected chi connectivity index (χ4v) is 2.28. The van der Waals surface area contributed by atoms with Gasteiger partial charge in [0.25, 0.3) is 0 Å². The van der Waals surface area contributed by atoms with Crippen LogP contribution in [0.4, 0.5) is 5.69 Å². The van der Waals surface area contributed by atoms with E-state index in [2.05, 4.69) is 27.3 Å². The van der Waals surface area contributed by atoms with Gasteiger partial charge < -0.3 is 10.4 Å². The number of halogens is 1. The van der Waals surface area contributed by atoms with Crippen molar-refractivity contribution in [1.82, 2.24) is 0 Å². The number of benzene rings is 1. The van der Waals surface area contributed by atoms with Crippen molar-refractivity contribution in [2.45, 2.75) is 12.5 Å². The normalized spacial score (nSPS) is 21.6. The lowest BCUT2D eigenvalue weighted by Crippen LogP contribution is -2.19. The summed E-state index contributed by atoms with van der Waals surface area (Å²) in [6, 6.07) is 7.40. The molecule has 0 aromatic heterocycles. The summed E-state index contributed by atoms with van der Waals surface area (Å²) in [6.07, 6.45) is 4.03. The van der Waals surface area contributed by atoms with E-state index in [0.29, 0.717) is 17.7 Å². The predicted octanol–water partition coefficient (Wildman–Crippen LogP) is 2.76. The Bertz CT molecular complexity index is 548. The fraction of sp³-hybridized carbons (Fsp3) is 0.231. The largest absolute Gasteiger partial charge is 0.481 e. The summed E-state index contributed by atoms with van der Waals surface area (Å²) in [5, 5.41) is 21.1. The quantitative estimate of drug-likeness (QED) is 0.842. The lowest BCUT2D eigenvalue weighted by molar-refractivity contribution is -0.140. The third-order valence-corrected chi connectivity index (χ3v) is 3.34. The SMILES string of the molecule is N#Cc1ccc(Br)cc1NC1C=CC(C(=O)O)C1. The van der Waals surface area contributed by atoms with E-state index >= 15 is 0 Å². The van der Waals surface area contributed by atoms with Gasteiger partial charge in [0.2, 0.25) is 0 Å². The van der Waals surface area contributed by atoms with Crippen LogP contribution in [-0.2, 0) is 4.79 Å². The molecule has 0 heterocycles. The first kappa shape index (κ1) is 12.7. The smallest absolute Gasteiger partial charge is 0.310 e. The van der Waals surface area contributed by atoms with Gasteiger partial charge in [-0.1, -0.05) is 28.1 Å². The van der Waals surface area contributed by atoms with E-state index in [1.807, 2.05) is 12.1 Å². The van der Waals surface area contributed by atoms with Gasteiger partial charge >= 0.3 is 5.97 Å². The maximum absolute atomic E-state index is 10.8. The van der Waals surface area contributed by atoms with E-state index in [1.54, 1.807) is 18.2 Å². The first-order valence-electron chi connectivity index (χ1n) is 5.47. The van der Waals surface area contributed by atoms with Crippen molar-refractivity contribution in [1.29, 1.82) is 5.26 Å². The molecule has 4 nitrogen and oxygen atoms in total. The number of carboxylic acid groups (broad SMARTS) is 1. The monoisotopic (exact) mass is 306 g/mol. The van der Waals surface area contributed by atoms with Crippen molar-refractivity contribution in [3.63, 3.8) is 0 Å². The molecule has 0 aliphatic heterocycles. The second-order valence-electron chi connectivity index (χ2n) is 4.12. The molecular weight excluding hydrogens is 296 g/mol. The summed E-state index contributed by atoms with van der Waals surface area (Å²) in [5.41, 5.74) is 1.26. The van der Waals surface area contributed by atoms with Crippen LogP contribution in [0.15, 0.2) is 34.8 Å². The number of carboxylic acids is 1. The average Bonchev–Trinajstić information content (AvgIpc) is 2.78. The maximum Gasteiger partial charge on any atom is 0.310 e. The van der Waals surface area contributed by atoms with Crippen LogP contribution in [0.5, 0.6) is 0 Å². The molecule has 18 heavy (non-hydrogen) atoms. The molecule has 0 saturated heterocycles. The van der Waals surface area contributed by atoms with Gasteiger partial charge in [-0.25, -0.2) is 0 Å². The maximum atomic E-state index is 10.8. The number of rotatable bonds is 3. The van der Waals surface area contributed by atoms with Gasteiger partial charge in [-0.3, -0.25) is 4.79 Å². The standard InChI is InChI=1S/C13H11BrN2O2/c14-10-3-1-9(7-15)12(6-10)16-11-4-2-8(5-11)13(17)18/h1-4,6,8,11,16H,5H2,(H,17,18). The zero-order valence-electron chi connectivity index (χ0n) is 9.43. The van der Waals surface area contributed by atoms with Crippen molar-refractivity contribution in [3.05, 3.63) is 40.4 Å². The first-order chi connectivity index (χ1) is 8.60. The number of nitriles is 1. The molecule has 2 unspecified atom stereocenters. The van der Waals surface area contributed by atoms with Gasteiger partial charge in [0.15, 0.2) is 0 Å².